The van der Waals surface area contributed by atoms with E-state index < -0.39 is 7.60 Å². The first-order chi connectivity index (χ1) is 9.70. The van der Waals surface area contributed by atoms with Gasteiger partial charge in [0.15, 0.2) is 0 Å². The summed E-state index contributed by atoms with van der Waals surface area (Å²) in [5.74, 6) is 0.628. The predicted molar refractivity (Wildman–Crippen MR) is 84.5 cm³/mol. The Bertz CT molecular complexity index is 392. The Kier molecular flexibility index (Phi) is 8.64. The molecule has 1 rings (SSSR count). The van der Waals surface area contributed by atoms with Gasteiger partial charge in [-0.05, 0) is 25.0 Å². The van der Waals surface area contributed by atoms with Gasteiger partial charge in [0.05, 0.1) is 12.8 Å². The quantitative estimate of drug-likeness (QED) is 0.391. The van der Waals surface area contributed by atoms with Crippen LogP contribution in [0, 0.1) is 0 Å². The van der Waals surface area contributed by atoms with E-state index in [1.54, 1.807) is 0 Å². The van der Waals surface area contributed by atoms with Crippen molar-refractivity contribution in [1.82, 2.24) is 0 Å². The van der Waals surface area contributed by atoms with E-state index in [9.17, 15) is 4.57 Å². The SMILES string of the molecule is CCCCCCP(=O)(OCCCC)Oc1ccccc1. The maximum atomic E-state index is 12.8. The first-order valence-corrected chi connectivity index (χ1v) is 9.41. The highest BCUT2D eigenvalue weighted by Crippen LogP contribution is 2.49. The molecule has 0 N–H and O–H groups in total. The van der Waals surface area contributed by atoms with Gasteiger partial charge in [0.1, 0.15) is 5.75 Å². The summed E-state index contributed by atoms with van der Waals surface area (Å²) in [7, 11) is -3.01. The van der Waals surface area contributed by atoms with E-state index in [1.807, 2.05) is 30.3 Å². The van der Waals surface area contributed by atoms with Crippen LogP contribution in [-0.4, -0.2) is 12.8 Å². The van der Waals surface area contributed by atoms with Gasteiger partial charge in [-0.1, -0.05) is 57.7 Å². The lowest BCUT2D eigenvalue weighted by molar-refractivity contribution is 0.259. The molecule has 0 radical (unpaired) electrons. The molecule has 0 saturated carbocycles. The zero-order chi connectivity index (χ0) is 14.7. The molecule has 20 heavy (non-hydrogen) atoms. The van der Waals surface area contributed by atoms with Crippen molar-refractivity contribution in [2.24, 2.45) is 0 Å². The molecule has 0 amide bonds. The minimum Gasteiger partial charge on any atom is -0.424 e. The van der Waals surface area contributed by atoms with Crippen LogP contribution in [-0.2, 0) is 9.09 Å². The summed E-state index contributed by atoms with van der Waals surface area (Å²) in [5.41, 5.74) is 0. The molecule has 0 bridgehead atoms. The Hall–Kier alpha value is -0.790. The molecule has 0 spiro atoms. The van der Waals surface area contributed by atoms with Crippen molar-refractivity contribution in [1.29, 1.82) is 0 Å². The molecular formula is C16H27O3P. The summed E-state index contributed by atoms with van der Waals surface area (Å²) < 4.78 is 24.0. The van der Waals surface area contributed by atoms with Crippen LogP contribution >= 0.6 is 7.60 Å². The minimum absolute atomic E-state index is 0.506. The molecule has 0 aromatic heterocycles. The maximum absolute atomic E-state index is 12.8. The highest BCUT2D eigenvalue weighted by Gasteiger charge is 2.25. The van der Waals surface area contributed by atoms with Crippen LogP contribution in [0.5, 0.6) is 5.75 Å². The Morgan fingerprint density at radius 3 is 2.30 bits per heavy atom. The average molecular weight is 298 g/mol. The van der Waals surface area contributed by atoms with Crippen LogP contribution in [0.4, 0.5) is 0 Å². The molecule has 0 aliphatic carbocycles. The topological polar surface area (TPSA) is 35.5 Å². The summed E-state index contributed by atoms with van der Waals surface area (Å²) >= 11 is 0. The molecule has 4 heteroatoms. The lowest BCUT2D eigenvalue weighted by atomic mass is 10.2. The summed E-state index contributed by atoms with van der Waals surface area (Å²) in [6.07, 6.45) is 6.75. The fourth-order valence-electron chi connectivity index (χ4n) is 1.86. The van der Waals surface area contributed by atoms with Gasteiger partial charge in [-0.15, -0.1) is 0 Å². The molecule has 0 aliphatic heterocycles. The molecule has 3 nitrogen and oxygen atoms in total. The molecule has 0 aliphatic rings. The van der Waals surface area contributed by atoms with Gasteiger partial charge in [0, 0.05) is 0 Å². The number of benzene rings is 1. The number of unbranched alkanes of at least 4 members (excludes halogenated alkanes) is 4. The van der Waals surface area contributed by atoms with Crippen molar-refractivity contribution in [3.05, 3.63) is 30.3 Å². The summed E-state index contributed by atoms with van der Waals surface area (Å²) in [6.45, 7) is 4.76. The normalized spacial score (nSPS) is 13.9. The molecule has 1 aromatic carbocycles. The van der Waals surface area contributed by atoms with Crippen molar-refractivity contribution in [3.8, 4) is 5.75 Å². The van der Waals surface area contributed by atoms with Crippen LogP contribution in [0.2, 0.25) is 0 Å². The number of hydrogen-bond donors (Lipinski definition) is 0. The zero-order valence-electron chi connectivity index (χ0n) is 12.7. The molecule has 1 atom stereocenters. The molecule has 114 valence electrons. The van der Waals surface area contributed by atoms with Crippen LogP contribution in [0.25, 0.3) is 0 Å². The first-order valence-electron chi connectivity index (χ1n) is 7.68. The summed E-state index contributed by atoms with van der Waals surface area (Å²) in [4.78, 5) is 0. The van der Waals surface area contributed by atoms with Crippen LogP contribution in [0.15, 0.2) is 30.3 Å². The average Bonchev–Trinajstić information content (AvgIpc) is 2.45. The second-order valence-electron chi connectivity index (χ2n) is 4.99. The van der Waals surface area contributed by atoms with E-state index in [0.29, 0.717) is 18.5 Å². The van der Waals surface area contributed by atoms with Crippen LogP contribution < -0.4 is 4.52 Å². The molecule has 1 aromatic rings. The monoisotopic (exact) mass is 298 g/mol. The van der Waals surface area contributed by atoms with Gasteiger partial charge < -0.3 is 4.52 Å². The van der Waals surface area contributed by atoms with E-state index in [0.717, 1.165) is 25.7 Å². The highest BCUT2D eigenvalue weighted by atomic mass is 31.2. The highest BCUT2D eigenvalue weighted by molar-refractivity contribution is 7.54. The Balaban J connectivity index is 2.55. The maximum Gasteiger partial charge on any atom is 0.379 e. The van der Waals surface area contributed by atoms with Crippen LogP contribution in [0.3, 0.4) is 0 Å². The third-order valence-electron chi connectivity index (χ3n) is 3.06. The standard InChI is InChI=1S/C16H27O3P/c1-3-5-7-11-15-20(17,18-14-6-4-2)19-16-12-9-8-10-13-16/h8-10,12-13H,3-7,11,14-15H2,1-2H3. The second-order valence-corrected chi connectivity index (χ2v) is 7.10. The van der Waals surface area contributed by atoms with Crippen molar-refractivity contribution >= 4 is 7.60 Å². The van der Waals surface area contributed by atoms with Gasteiger partial charge in [-0.25, -0.2) is 4.57 Å². The fourth-order valence-corrected chi connectivity index (χ4v) is 3.59. The summed E-state index contributed by atoms with van der Waals surface area (Å²) in [6, 6.07) is 9.31. The number of hydrogen-bond acceptors (Lipinski definition) is 3. The van der Waals surface area contributed by atoms with Crippen molar-refractivity contribution in [3.63, 3.8) is 0 Å². The van der Waals surface area contributed by atoms with Gasteiger partial charge in [0.25, 0.3) is 0 Å². The molecule has 0 heterocycles. The number of para-hydroxylation sites is 1. The minimum atomic E-state index is -3.01. The van der Waals surface area contributed by atoms with Gasteiger partial charge >= 0.3 is 7.60 Å². The van der Waals surface area contributed by atoms with E-state index in [-0.39, 0.29) is 0 Å². The lowest BCUT2D eigenvalue weighted by Crippen LogP contribution is -2.04. The van der Waals surface area contributed by atoms with Crippen molar-refractivity contribution in [2.75, 3.05) is 12.8 Å². The van der Waals surface area contributed by atoms with E-state index in [4.69, 9.17) is 9.05 Å². The third kappa shape index (κ3) is 7.12. The Labute approximate surface area is 123 Å². The lowest BCUT2D eigenvalue weighted by Gasteiger charge is -2.19. The molecular weight excluding hydrogens is 271 g/mol. The predicted octanol–water partition coefficient (Wildman–Crippen LogP) is 5.66. The van der Waals surface area contributed by atoms with Gasteiger partial charge in [-0.2, -0.15) is 0 Å². The molecule has 1 unspecified atom stereocenters. The smallest absolute Gasteiger partial charge is 0.379 e. The van der Waals surface area contributed by atoms with E-state index >= 15 is 0 Å². The Morgan fingerprint density at radius 2 is 1.65 bits per heavy atom. The summed E-state index contributed by atoms with van der Waals surface area (Å²) in [5, 5.41) is 0. The van der Waals surface area contributed by atoms with Crippen LogP contribution in [0.1, 0.15) is 52.4 Å². The third-order valence-corrected chi connectivity index (χ3v) is 4.99. The second kappa shape index (κ2) is 10.0. The van der Waals surface area contributed by atoms with Crippen molar-refractivity contribution in [2.45, 2.75) is 52.4 Å². The molecule has 0 saturated heterocycles. The number of rotatable bonds is 11. The Morgan fingerprint density at radius 1 is 0.950 bits per heavy atom. The largest absolute Gasteiger partial charge is 0.424 e. The zero-order valence-corrected chi connectivity index (χ0v) is 13.6. The van der Waals surface area contributed by atoms with Gasteiger partial charge in [0.2, 0.25) is 0 Å². The van der Waals surface area contributed by atoms with Crippen molar-refractivity contribution < 1.29 is 13.6 Å². The van der Waals surface area contributed by atoms with E-state index in [1.165, 1.54) is 12.8 Å². The first kappa shape index (κ1) is 17.3. The molecule has 0 fully saturated rings. The van der Waals surface area contributed by atoms with E-state index in [2.05, 4.69) is 13.8 Å². The fraction of sp³-hybridized carbons (Fsp3) is 0.625. The van der Waals surface area contributed by atoms with Gasteiger partial charge in [-0.3, -0.25) is 4.52 Å².